The Kier molecular flexibility index (Phi) is 6.09. The van der Waals surface area contributed by atoms with Crippen molar-refractivity contribution in [2.24, 2.45) is 0 Å². The van der Waals surface area contributed by atoms with Crippen LogP contribution in [-0.4, -0.2) is 54.5 Å². The summed E-state index contributed by atoms with van der Waals surface area (Å²) in [6.07, 6.45) is 1.35. The van der Waals surface area contributed by atoms with Crippen LogP contribution in [0.25, 0.3) is 10.9 Å². The zero-order valence-corrected chi connectivity index (χ0v) is 18.7. The third kappa shape index (κ3) is 4.29. The smallest absolute Gasteiger partial charge is 0.261 e. The average molecular weight is 457 g/mol. The molecule has 0 spiro atoms. The molecule has 1 amide bonds. The highest BCUT2D eigenvalue weighted by Crippen LogP contribution is 2.23. The number of para-hydroxylation sites is 1. The van der Waals surface area contributed by atoms with Gasteiger partial charge < -0.3 is 10.1 Å². The Balaban J connectivity index is 1.56. The maximum atomic E-state index is 12.9. The second-order valence-corrected chi connectivity index (χ2v) is 9.63. The van der Waals surface area contributed by atoms with E-state index in [0.717, 1.165) is 5.56 Å². The number of aromatic nitrogens is 2. The number of nitrogens with zero attached hydrogens (tertiary/aromatic N) is 3. The first-order chi connectivity index (χ1) is 15.3. The molecular formula is C22H24N4O5S. The van der Waals surface area contributed by atoms with Gasteiger partial charge in [-0.05, 0) is 43.2 Å². The average Bonchev–Trinajstić information content (AvgIpc) is 2.78. The van der Waals surface area contributed by atoms with Gasteiger partial charge in [-0.1, -0.05) is 18.2 Å². The van der Waals surface area contributed by atoms with Gasteiger partial charge >= 0.3 is 0 Å². The molecule has 0 saturated carbocycles. The summed E-state index contributed by atoms with van der Waals surface area (Å²) < 4.78 is 33.7. The summed E-state index contributed by atoms with van der Waals surface area (Å²) in [4.78, 5) is 29.8. The Morgan fingerprint density at radius 3 is 2.62 bits per heavy atom. The second-order valence-electron chi connectivity index (χ2n) is 7.69. The topological polar surface area (TPSA) is 111 Å². The molecule has 9 nitrogen and oxygen atoms in total. The van der Waals surface area contributed by atoms with Crippen LogP contribution in [0.2, 0.25) is 0 Å². The van der Waals surface area contributed by atoms with Crippen molar-refractivity contribution in [3.05, 3.63) is 64.2 Å². The number of amides is 1. The molecule has 0 unspecified atom stereocenters. The highest BCUT2D eigenvalue weighted by Gasteiger charge is 2.27. The van der Waals surface area contributed by atoms with E-state index < -0.39 is 15.9 Å². The number of sulfonamides is 1. The molecule has 1 saturated heterocycles. The number of morpholine rings is 1. The Labute approximate surface area is 185 Å². The second kappa shape index (κ2) is 8.81. The molecule has 32 heavy (non-hydrogen) atoms. The van der Waals surface area contributed by atoms with E-state index >= 15 is 0 Å². The van der Waals surface area contributed by atoms with E-state index in [1.54, 1.807) is 25.1 Å². The van der Waals surface area contributed by atoms with Crippen molar-refractivity contribution in [2.75, 3.05) is 31.6 Å². The van der Waals surface area contributed by atoms with Gasteiger partial charge in [0.2, 0.25) is 15.9 Å². The molecule has 2 heterocycles. The van der Waals surface area contributed by atoms with E-state index in [1.807, 2.05) is 13.0 Å². The van der Waals surface area contributed by atoms with Crippen molar-refractivity contribution >= 4 is 32.5 Å². The van der Waals surface area contributed by atoms with Crippen LogP contribution in [0, 0.1) is 13.8 Å². The minimum atomic E-state index is -3.69. The van der Waals surface area contributed by atoms with Gasteiger partial charge in [0, 0.05) is 18.8 Å². The number of benzene rings is 2. The van der Waals surface area contributed by atoms with Crippen molar-refractivity contribution in [3.8, 4) is 0 Å². The van der Waals surface area contributed by atoms with Crippen molar-refractivity contribution in [1.82, 2.24) is 13.9 Å². The van der Waals surface area contributed by atoms with E-state index in [4.69, 9.17) is 4.74 Å². The van der Waals surface area contributed by atoms with Crippen LogP contribution < -0.4 is 10.9 Å². The van der Waals surface area contributed by atoms with Gasteiger partial charge in [-0.3, -0.25) is 14.2 Å². The van der Waals surface area contributed by atoms with Crippen LogP contribution in [0.1, 0.15) is 11.1 Å². The van der Waals surface area contributed by atoms with E-state index in [1.165, 1.54) is 27.3 Å². The van der Waals surface area contributed by atoms with Crippen LogP contribution in [0.15, 0.2) is 52.4 Å². The van der Waals surface area contributed by atoms with E-state index in [-0.39, 0.29) is 30.1 Å². The normalized spacial score (nSPS) is 15.1. The molecule has 1 aromatic heterocycles. The maximum absolute atomic E-state index is 12.9. The molecule has 0 radical (unpaired) electrons. The molecule has 10 heteroatoms. The van der Waals surface area contributed by atoms with E-state index in [9.17, 15) is 18.0 Å². The molecule has 0 atom stereocenters. The van der Waals surface area contributed by atoms with Gasteiger partial charge in [-0.25, -0.2) is 13.4 Å². The quantitative estimate of drug-likeness (QED) is 0.625. The van der Waals surface area contributed by atoms with Gasteiger partial charge in [-0.2, -0.15) is 4.31 Å². The first-order valence-corrected chi connectivity index (χ1v) is 11.6. The highest BCUT2D eigenvalue weighted by atomic mass is 32.2. The lowest BCUT2D eigenvalue weighted by Crippen LogP contribution is -2.40. The third-order valence-corrected chi connectivity index (χ3v) is 7.35. The molecule has 0 bridgehead atoms. The molecular weight excluding hydrogens is 432 g/mol. The maximum Gasteiger partial charge on any atom is 0.261 e. The van der Waals surface area contributed by atoms with E-state index in [2.05, 4.69) is 10.3 Å². The summed E-state index contributed by atoms with van der Waals surface area (Å²) in [7, 11) is -3.69. The Hall–Kier alpha value is -3.08. The van der Waals surface area contributed by atoms with Crippen LogP contribution in [-0.2, 0) is 26.1 Å². The molecule has 1 aliphatic heterocycles. The Morgan fingerprint density at radius 1 is 1.12 bits per heavy atom. The van der Waals surface area contributed by atoms with Gasteiger partial charge in [0.25, 0.3) is 5.56 Å². The van der Waals surface area contributed by atoms with Crippen LogP contribution in [0.5, 0.6) is 0 Å². The van der Waals surface area contributed by atoms with Crippen molar-refractivity contribution in [3.63, 3.8) is 0 Å². The first-order valence-electron chi connectivity index (χ1n) is 10.2. The van der Waals surface area contributed by atoms with Gasteiger partial charge in [0.05, 0.1) is 35.3 Å². The first kappa shape index (κ1) is 22.1. The molecule has 1 aliphatic rings. The fourth-order valence-corrected chi connectivity index (χ4v) is 5.06. The largest absolute Gasteiger partial charge is 0.379 e. The molecule has 3 aromatic rings. The summed E-state index contributed by atoms with van der Waals surface area (Å²) in [5.74, 6) is -0.454. The molecule has 4 rings (SSSR count). The molecule has 168 valence electrons. The number of ether oxygens (including phenoxy) is 1. The van der Waals surface area contributed by atoms with Gasteiger partial charge in [-0.15, -0.1) is 0 Å². The zero-order valence-electron chi connectivity index (χ0n) is 17.9. The van der Waals surface area contributed by atoms with Crippen LogP contribution in [0.3, 0.4) is 0 Å². The summed E-state index contributed by atoms with van der Waals surface area (Å²) in [5, 5.41) is 3.17. The summed E-state index contributed by atoms with van der Waals surface area (Å²) in [6, 6.07) is 9.94. The predicted molar refractivity (Wildman–Crippen MR) is 120 cm³/mol. The summed E-state index contributed by atoms with van der Waals surface area (Å²) in [6.45, 7) is 4.67. The van der Waals surface area contributed by atoms with Crippen molar-refractivity contribution in [1.29, 1.82) is 0 Å². The lowest BCUT2D eigenvalue weighted by Gasteiger charge is -2.26. The lowest BCUT2D eigenvalue weighted by atomic mass is 10.1. The van der Waals surface area contributed by atoms with Crippen LogP contribution in [0.4, 0.5) is 5.69 Å². The molecule has 2 aromatic carbocycles. The fraction of sp³-hybridized carbons (Fsp3) is 0.318. The Morgan fingerprint density at radius 2 is 1.88 bits per heavy atom. The van der Waals surface area contributed by atoms with Crippen molar-refractivity contribution < 1.29 is 17.9 Å². The van der Waals surface area contributed by atoms with Gasteiger partial charge in [0.1, 0.15) is 6.54 Å². The number of nitrogens with one attached hydrogen (secondary N) is 1. The summed E-state index contributed by atoms with van der Waals surface area (Å²) in [5.41, 5.74) is 2.26. The number of hydrogen-bond donors (Lipinski definition) is 1. The monoisotopic (exact) mass is 456 g/mol. The third-order valence-electron chi connectivity index (χ3n) is 5.46. The van der Waals surface area contributed by atoms with E-state index in [0.29, 0.717) is 35.4 Å². The standard InChI is InChI=1S/C22H24N4O5S/c1-15-6-7-17(32(29,30)26-8-10-31-11-9-26)12-19(15)24-20(27)13-25-14-23-21-16(2)4-3-5-18(21)22(25)28/h3-7,12,14H,8-11,13H2,1-2H3,(H,24,27). The number of anilines is 1. The number of fused-ring (bicyclic) bond motifs is 1. The minimum Gasteiger partial charge on any atom is -0.379 e. The minimum absolute atomic E-state index is 0.0975. The summed E-state index contributed by atoms with van der Waals surface area (Å²) >= 11 is 0. The zero-order chi connectivity index (χ0) is 22.9. The lowest BCUT2D eigenvalue weighted by molar-refractivity contribution is -0.116. The number of carbonyl (C=O) groups excluding carboxylic acids is 1. The number of rotatable bonds is 5. The molecule has 0 aliphatic carbocycles. The SMILES string of the molecule is Cc1ccc(S(=O)(=O)N2CCOCC2)cc1NC(=O)Cn1cnc2c(C)cccc2c1=O. The fourth-order valence-electron chi connectivity index (χ4n) is 3.63. The predicted octanol–water partition coefficient (Wildman–Crippen LogP) is 1.67. The number of aryl methyl sites for hydroxylation is 2. The van der Waals surface area contributed by atoms with Crippen LogP contribution >= 0.6 is 0 Å². The van der Waals surface area contributed by atoms with Gasteiger partial charge in [0.15, 0.2) is 0 Å². The highest BCUT2D eigenvalue weighted by molar-refractivity contribution is 7.89. The molecule has 1 fully saturated rings. The Bertz CT molecular complexity index is 1340. The van der Waals surface area contributed by atoms with Crippen molar-refractivity contribution in [2.45, 2.75) is 25.3 Å². The number of carbonyl (C=O) groups is 1. The molecule has 1 N–H and O–H groups in total. The number of hydrogen-bond acceptors (Lipinski definition) is 6.